The molecule has 0 saturated heterocycles. The molecule has 4 nitrogen and oxygen atoms in total. The smallest absolute Gasteiger partial charge is 0.137 e. The van der Waals surface area contributed by atoms with Gasteiger partial charge in [-0.05, 0) is 130 Å². The lowest BCUT2D eigenvalue weighted by atomic mass is 9.94. The van der Waals surface area contributed by atoms with E-state index in [-0.39, 0.29) is 0 Å². The number of benzene rings is 12. The molecule has 0 amide bonds. The summed E-state index contributed by atoms with van der Waals surface area (Å²) in [5.41, 5.74) is 13.5. The first kappa shape index (κ1) is 40.9. The monoisotopic (exact) mass is 895 g/mol. The van der Waals surface area contributed by atoms with Crippen molar-refractivity contribution in [2.24, 2.45) is 0 Å². The summed E-state index contributed by atoms with van der Waals surface area (Å²) in [4.78, 5) is 7.17. The van der Waals surface area contributed by atoms with Gasteiger partial charge >= 0.3 is 0 Å². The van der Waals surface area contributed by atoms with Gasteiger partial charge in [-0.2, -0.15) is 0 Å². The second-order valence-electron chi connectivity index (χ2n) is 17.7. The van der Waals surface area contributed by atoms with E-state index in [2.05, 4.69) is 276 Å². The fraction of sp³-hybridized carbons (Fsp3) is 0. The average Bonchev–Trinajstić information content (AvgIpc) is 3.80. The van der Waals surface area contributed by atoms with Gasteiger partial charge < -0.3 is 19.1 Å². The number of hydrogen-bond acceptors (Lipinski definition) is 4. The third-order valence-corrected chi connectivity index (χ3v) is 13.5. The maximum Gasteiger partial charge on any atom is 0.137 e. The second kappa shape index (κ2) is 17.4. The Hall–Kier alpha value is -9.38. The van der Waals surface area contributed by atoms with E-state index in [1.807, 2.05) is 12.1 Å². The summed E-state index contributed by atoms with van der Waals surface area (Å²) in [6, 6.07) is 98.1. The van der Waals surface area contributed by atoms with E-state index in [9.17, 15) is 0 Å². The SMILES string of the molecule is c1ccc(N(c2cc(-c3ccc(N(c4ccccc4)c4ccc5c(c4)oc4ccccc45)c4ccccc34)cc(N(c3ccccc3)c3cccc4ccccc34)c2)c2ccc3ccccc3c2)cc1. The molecule has 0 bridgehead atoms. The first-order chi connectivity index (χ1) is 34.7. The Morgan fingerprint density at radius 2 is 0.729 bits per heavy atom. The van der Waals surface area contributed by atoms with Crippen LogP contribution in [-0.4, -0.2) is 0 Å². The molecule has 13 rings (SSSR count). The van der Waals surface area contributed by atoms with Crippen molar-refractivity contribution in [2.45, 2.75) is 0 Å². The Balaban J connectivity index is 1.06. The number of anilines is 9. The Labute approximate surface area is 406 Å². The summed E-state index contributed by atoms with van der Waals surface area (Å²) in [5.74, 6) is 0. The summed E-state index contributed by atoms with van der Waals surface area (Å²) >= 11 is 0. The van der Waals surface area contributed by atoms with Crippen LogP contribution in [0, 0.1) is 0 Å². The predicted molar refractivity (Wildman–Crippen MR) is 296 cm³/mol. The van der Waals surface area contributed by atoms with Crippen LogP contribution in [-0.2, 0) is 0 Å². The molecule has 0 atom stereocenters. The second-order valence-corrected chi connectivity index (χ2v) is 17.7. The lowest BCUT2D eigenvalue weighted by Crippen LogP contribution is -2.14. The van der Waals surface area contributed by atoms with Crippen molar-refractivity contribution in [3.63, 3.8) is 0 Å². The zero-order valence-electron chi connectivity index (χ0n) is 38.2. The van der Waals surface area contributed by atoms with Crippen LogP contribution in [0.4, 0.5) is 51.2 Å². The van der Waals surface area contributed by atoms with E-state index in [1.165, 1.54) is 21.5 Å². The first-order valence-electron chi connectivity index (χ1n) is 23.8. The highest BCUT2D eigenvalue weighted by Crippen LogP contribution is 2.48. The number of para-hydroxylation sites is 4. The molecule has 0 spiro atoms. The molecule has 0 radical (unpaired) electrons. The van der Waals surface area contributed by atoms with Gasteiger partial charge in [0.05, 0.1) is 11.4 Å². The Morgan fingerprint density at radius 3 is 1.46 bits per heavy atom. The molecule has 330 valence electrons. The van der Waals surface area contributed by atoms with Crippen LogP contribution >= 0.6 is 0 Å². The summed E-state index contributed by atoms with van der Waals surface area (Å²) < 4.78 is 6.48. The van der Waals surface area contributed by atoms with E-state index in [4.69, 9.17) is 4.42 Å². The van der Waals surface area contributed by atoms with Crippen molar-refractivity contribution in [1.82, 2.24) is 0 Å². The van der Waals surface area contributed by atoms with E-state index < -0.39 is 0 Å². The summed E-state index contributed by atoms with van der Waals surface area (Å²) in [6.07, 6.45) is 0. The number of rotatable bonds is 10. The van der Waals surface area contributed by atoms with Crippen molar-refractivity contribution < 1.29 is 4.42 Å². The van der Waals surface area contributed by atoms with Gasteiger partial charge in [-0.1, -0.05) is 170 Å². The molecule has 70 heavy (non-hydrogen) atoms. The van der Waals surface area contributed by atoms with Crippen LogP contribution in [0.2, 0.25) is 0 Å². The van der Waals surface area contributed by atoms with Crippen molar-refractivity contribution in [2.75, 3.05) is 14.7 Å². The first-order valence-corrected chi connectivity index (χ1v) is 23.8. The summed E-state index contributed by atoms with van der Waals surface area (Å²) in [7, 11) is 0. The summed E-state index contributed by atoms with van der Waals surface area (Å²) in [6.45, 7) is 0. The van der Waals surface area contributed by atoms with E-state index in [1.54, 1.807) is 0 Å². The molecule has 1 heterocycles. The molecule has 0 aliphatic heterocycles. The molecule has 1 aromatic heterocycles. The highest BCUT2D eigenvalue weighted by Gasteiger charge is 2.23. The Bertz CT molecular complexity index is 4030. The van der Waals surface area contributed by atoms with Crippen LogP contribution in [0.3, 0.4) is 0 Å². The van der Waals surface area contributed by atoms with E-state index >= 15 is 0 Å². The van der Waals surface area contributed by atoms with E-state index in [0.717, 1.165) is 95.0 Å². The number of nitrogens with zero attached hydrogens (tertiary/aromatic N) is 3. The third-order valence-electron chi connectivity index (χ3n) is 13.5. The quantitative estimate of drug-likeness (QED) is 0.136. The number of fused-ring (bicyclic) bond motifs is 6. The van der Waals surface area contributed by atoms with E-state index in [0.29, 0.717) is 0 Å². The van der Waals surface area contributed by atoms with Crippen molar-refractivity contribution in [3.05, 3.63) is 273 Å². The van der Waals surface area contributed by atoms with Gasteiger partial charge in [-0.3, -0.25) is 0 Å². The zero-order valence-corrected chi connectivity index (χ0v) is 38.2. The standard InChI is InChI=1S/C66H45N3O/c1-4-23-50(24-5-1)67(53-36-35-46-19-10-11-21-48(46)41-53)55-42-49(43-56(44-55)69(52-27-8-3-9-28-52)63-33-18-22-47-20-12-13-29-58(47)63)57-39-40-64(60-31-15-14-30-59(57)60)68(51-25-6-2-7-26-51)54-37-38-62-61-32-16-17-34-65(61)70-66(62)45-54/h1-45H. The molecule has 12 aromatic carbocycles. The molecule has 0 aliphatic rings. The third kappa shape index (κ3) is 7.27. The van der Waals surface area contributed by atoms with Crippen LogP contribution in [0.15, 0.2) is 277 Å². The topological polar surface area (TPSA) is 22.9 Å². The lowest BCUT2D eigenvalue weighted by Gasteiger charge is -2.31. The highest BCUT2D eigenvalue weighted by atomic mass is 16.3. The van der Waals surface area contributed by atoms with Crippen LogP contribution in [0.1, 0.15) is 0 Å². The van der Waals surface area contributed by atoms with Gasteiger partial charge in [-0.25, -0.2) is 0 Å². The Kier molecular flexibility index (Phi) is 10.1. The van der Waals surface area contributed by atoms with Gasteiger partial charge in [0.25, 0.3) is 0 Å². The molecule has 0 aliphatic carbocycles. The molecule has 4 heteroatoms. The molecule has 13 aromatic rings. The maximum atomic E-state index is 6.48. The molecule has 0 saturated carbocycles. The van der Waals surface area contributed by atoms with Crippen LogP contribution in [0.5, 0.6) is 0 Å². The van der Waals surface area contributed by atoms with Crippen molar-refractivity contribution >= 4 is 105 Å². The number of hydrogen-bond donors (Lipinski definition) is 0. The number of furan rings is 1. The minimum atomic E-state index is 0.855. The molecular weight excluding hydrogens is 851 g/mol. The fourth-order valence-corrected chi connectivity index (χ4v) is 10.3. The molecular formula is C66H45N3O. The van der Waals surface area contributed by atoms with Gasteiger partial charge in [0, 0.05) is 67.4 Å². The average molecular weight is 896 g/mol. The van der Waals surface area contributed by atoms with Gasteiger partial charge in [-0.15, -0.1) is 0 Å². The highest BCUT2D eigenvalue weighted by molar-refractivity contribution is 6.10. The van der Waals surface area contributed by atoms with Gasteiger partial charge in [0.1, 0.15) is 11.2 Å². The zero-order chi connectivity index (χ0) is 46.4. The Morgan fingerprint density at radius 1 is 0.229 bits per heavy atom. The molecule has 0 fully saturated rings. The maximum absolute atomic E-state index is 6.48. The molecule has 0 N–H and O–H groups in total. The minimum Gasteiger partial charge on any atom is -0.456 e. The summed E-state index contributed by atoms with van der Waals surface area (Å²) in [5, 5.41) is 9.23. The van der Waals surface area contributed by atoms with Crippen molar-refractivity contribution in [1.29, 1.82) is 0 Å². The fourth-order valence-electron chi connectivity index (χ4n) is 10.3. The normalized spacial score (nSPS) is 11.4. The van der Waals surface area contributed by atoms with Gasteiger partial charge in [0.15, 0.2) is 0 Å². The predicted octanol–water partition coefficient (Wildman–Crippen LogP) is 19.1. The van der Waals surface area contributed by atoms with Crippen LogP contribution < -0.4 is 14.7 Å². The van der Waals surface area contributed by atoms with Crippen LogP contribution in [0.25, 0.3) is 65.4 Å². The largest absolute Gasteiger partial charge is 0.456 e. The lowest BCUT2D eigenvalue weighted by molar-refractivity contribution is 0.669. The van der Waals surface area contributed by atoms with Crippen molar-refractivity contribution in [3.8, 4) is 11.1 Å². The minimum absolute atomic E-state index is 0.855. The van der Waals surface area contributed by atoms with Gasteiger partial charge in [0.2, 0.25) is 0 Å². The molecule has 0 unspecified atom stereocenters.